The Balaban J connectivity index is 0.00000172. The van der Waals surface area contributed by atoms with Crippen molar-refractivity contribution in [2.45, 2.75) is 40.2 Å². The number of nitrogens with one attached hydrogen (secondary N) is 1. The van der Waals surface area contributed by atoms with Crippen molar-refractivity contribution in [3.05, 3.63) is 0 Å². The summed E-state index contributed by atoms with van der Waals surface area (Å²) in [4.78, 5) is 4.93. The largest absolute Gasteiger partial charge is 0.374 e. The van der Waals surface area contributed by atoms with Crippen LogP contribution in [0, 0.1) is 5.92 Å². The molecule has 1 rings (SSSR count). The molecule has 1 unspecified atom stereocenters. The van der Waals surface area contributed by atoms with E-state index in [1.165, 1.54) is 13.0 Å². The first-order valence-corrected chi connectivity index (χ1v) is 8.29. The highest BCUT2D eigenvalue weighted by atomic mass is 16.5. The second-order valence-electron chi connectivity index (χ2n) is 5.87. The standard InChI is InChI=1S/C14H31N3O.C2H6/c1-13(2)10-16(4)11-14-12-17(8-9-18-14)7-5-6-15-3;1-2/h13-15H,5-12H2,1-4H3;1-2H3. The Bertz CT molecular complexity index is 212. The third kappa shape index (κ3) is 9.70. The Labute approximate surface area is 126 Å². The van der Waals surface area contributed by atoms with Gasteiger partial charge in [0.05, 0.1) is 12.7 Å². The van der Waals surface area contributed by atoms with Crippen LogP contribution in [0.3, 0.4) is 0 Å². The van der Waals surface area contributed by atoms with Gasteiger partial charge in [0, 0.05) is 26.2 Å². The van der Waals surface area contributed by atoms with Crippen molar-refractivity contribution < 1.29 is 4.74 Å². The molecular formula is C16H37N3O. The molecule has 0 aromatic heterocycles. The second-order valence-corrected chi connectivity index (χ2v) is 5.87. The van der Waals surface area contributed by atoms with E-state index in [0.717, 1.165) is 45.2 Å². The lowest BCUT2D eigenvalue weighted by molar-refractivity contribution is -0.0414. The summed E-state index contributed by atoms with van der Waals surface area (Å²) in [5, 5.41) is 3.21. The van der Waals surface area contributed by atoms with Crippen molar-refractivity contribution in [1.82, 2.24) is 15.1 Å². The summed E-state index contributed by atoms with van der Waals surface area (Å²) in [5.74, 6) is 0.727. The van der Waals surface area contributed by atoms with Gasteiger partial charge < -0.3 is 15.0 Å². The first-order chi connectivity index (χ1) is 9.61. The highest BCUT2D eigenvalue weighted by Gasteiger charge is 2.21. The summed E-state index contributed by atoms with van der Waals surface area (Å²) in [6.45, 7) is 16.1. The van der Waals surface area contributed by atoms with Crippen molar-refractivity contribution in [2.24, 2.45) is 5.92 Å². The van der Waals surface area contributed by atoms with Crippen LogP contribution in [0.1, 0.15) is 34.1 Å². The number of ether oxygens (including phenoxy) is 1. The lowest BCUT2D eigenvalue weighted by Crippen LogP contribution is -2.47. The van der Waals surface area contributed by atoms with Crippen LogP contribution in [0.25, 0.3) is 0 Å². The fraction of sp³-hybridized carbons (Fsp3) is 1.00. The van der Waals surface area contributed by atoms with Gasteiger partial charge in [-0.05, 0) is 39.5 Å². The van der Waals surface area contributed by atoms with Crippen molar-refractivity contribution in [2.75, 3.05) is 60.0 Å². The molecule has 0 amide bonds. The molecule has 20 heavy (non-hydrogen) atoms. The minimum Gasteiger partial charge on any atom is -0.374 e. The second kappa shape index (κ2) is 12.6. The van der Waals surface area contributed by atoms with Gasteiger partial charge in [0.2, 0.25) is 0 Å². The number of hydrogen-bond donors (Lipinski definition) is 1. The smallest absolute Gasteiger partial charge is 0.0829 e. The number of likely N-dealkylation sites (N-methyl/N-ethyl adjacent to an activating group) is 1. The Morgan fingerprint density at radius 1 is 1.35 bits per heavy atom. The summed E-state index contributed by atoms with van der Waals surface area (Å²) in [6.07, 6.45) is 1.61. The summed E-state index contributed by atoms with van der Waals surface area (Å²) < 4.78 is 5.87. The topological polar surface area (TPSA) is 27.7 Å². The predicted molar refractivity (Wildman–Crippen MR) is 88.4 cm³/mol. The molecule has 1 N–H and O–H groups in total. The summed E-state index contributed by atoms with van der Waals surface area (Å²) >= 11 is 0. The summed E-state index contributed by atoms with van der Waals surface area (Å²) in [6, 6.07) is 0. The van der Waals surface area contributed by atoms with E-state index >= 15 is 0 Å². The van der Waals surface area contributed by atoms with Crippen LogP contribution < -0.4 is 5.32 Å². The Morgan fingerprint density at radius 2 is 2.05 bits per heavy atom. The molecule has 0 radical (unpaired) electrons. The molecule has 1 aliphatic heterocycles. The van der Waals surface area contributed by atoms with Gasteiger partial charge in [-0.1, -0.05) is 27.7 Å². The predicted octanol–water partition coefficient (Wildman–Crippen LogP) is 1.91. The van der Waals surface area contributed by atoms with Crippen LogP contribution in [-0.2, 0) is 4.74 Å². The minimum absolute atomic E-state index is 0.386. The SMILES string of the molecule is CC.CNCCCN1CCOC(CN(C)CC(C)C)C1. The van der Waals surface area contributed by atoms with Crippen LogP contribution >= 0.6 is 0 Å². The van der Waals surface area contributed by atoms with Crippen molar-refractivity contribution in [3.63, 3.8) is 0 Å². The molecule has 0 aromatic carbocycles. The van der Waals surface area contributed by atoms with Crippen LogP contribution in [0.5, 0.6) is 0 Å². The van der Waals surface area contributed by atoms with Crippen LogP contribution in [0.15, 0.2) is 0 Å². The molecule has 0 saturated carbocycles. The molecule has 4 nitrogen and oxygen atoms in total. The van der Waals surface area contributed by atoms with Gasteiger partial charge in [-0.3, -0.25) is 4.90 Å². The van der Waals surface area contributed by atoms with Crippen LogP contribution in [0.2, 0.25) is 0 Å². The van der Waals surface area contributed by atoms with Crippen LogP contribution in [0.4, 0.5) is 0 Å². The fourth-order valence-electron chi connectivity index (χ4n) is 2.62. The van der Waals surface area contributed by atoms with E-state index in [1.807, 2.05) is 20.9 Å². The van der Waals surface area contributed by atoms with Crippen LogP contribution in [-0.4, -0.2) is 75.9 Å². The van der Waals surface area contributed by atoms with Gasteiger partial charge in [-0.25, -0.2) is 0 Å². The maximum atomic E-state index is 5.87. The average Bonchev–Trinajstić information content (AvgIpc) is 2.41. The molecule has 1 heterocycles. The molecule has 122 valence electrons. The molecule has 1 fully saturated rings. The molecule has 1 atom stereocenters. The first kappa shape index (κ1) is 19.8. The number of morpholine rings is 1. The monoisotopic (exact) mass is 287 g/mol. The molecule has 0 aromatic rings. The number of rotatable bonds is 8. The van der Waals surface area contributed by atoms with Crippen molar-refractivity contribution in [1.29, 1.82) is 0 Å². The average molecular weight is 287 g/mol. The van der Waals surface area contributed by atoms with E-state index in [0.29, 0.717) is 6.10 Å². The molecular weight excluding hydrogens is 250 g/mol. The first-order valence-electron chi connectivity index (χ1n) is 8.29. The third-order valence-corrected chi connectivity index (χ3v) is 3.32. The van der Waals surface area contributed by atoms with E-state index in [1.54, 1.807) is 0 Å². The number of hydrogen-bond acceptors (Lipinski definition) is 4. The van der Waals surface area contributed by atoms with Gasteiger partial charge in [0.1, 0.15) is 0 Å². The zero-order valence-electron chi connectivity index (χ0n) is 14.6. The lowest BCUT2D eigenvalue weighted by Gasteiger charge is -2.35. The van der Waals surface area contributed by atoms with Crippen molar-refractivity contribution >= 4 is 0 Å². The molecule has 1 saturated heterocycles. The Kier molecular flexibility index (Phi) is 12.5. The summed E-state index contributed by atoms with van der Waals surface area (Å²) in [7, 11) is 4.21. The van der Waals surface area contributed by atoms with E-state index in [-0.39, 0.29) is 0 Å². The summed E-state index contributed by atoms with van der Waals surface area (Å²) in [5.41, 5.74) is 0. The van der Waals surface area contributed by atoms with E-state index in [2.05, 4.69) is 36.0 Å². The van der Waals surface area contributed by atoms with Gasteiger partial charge in [0.15, 0.2) is 0 Å². The molecule has 1 aliphatic rings. The fourth-order valence-corrected chi connectivity index (χ4v) is 2.62. The molecule has 4 heteroatoms. The quantitative estimate of drug-likeness (QED) is 0.690. The maximum absolute atomic E-state index is 5.87. The zero-order chi connectivity index (χ0) is 15.4. The highest BCUT2D eigenvalue weighted by Crippen LogP contribution is 2.08. The molecule has 0 spiro atoms. The van der Waals surface area contributed by atoms with Gasteiger partial charge >= 0.3 is 0 Å². The number of nitrogens with zero attached hydrogens (tertiary/aromatic N) is 2. The Morgan fingerprint density at radius 3 is 2.65 bits per heavy atom. The third-order valence-electron chi connectivity index (χ3n) is 3.32. The maximum Gasteiger partial charge on any atom is 0.0829 e. The van der Waals surface area contributed by atoms with E-state index < -0.39 is 0 Å². The molecule has 0 bridgehead atoms. The van der Waals surface area contributed by atoms with Gasteiger partial charge in [-0.2, -0.15) is 0 Å². The van der Waals surface area contributed by atoms with Gasteiger partial charge in [0.25, 0.3) is 0 Å². The van der Waals surface area contributed by atoms with Gasteiger partial charge in [-0.15, -0.1) is 0 Å². The lowest BCUT2D eigenvalue weighted by atomic mass is 10.2. The van der Waals surface area contributed by atoms with E-state index in [4.69, 9.17) is 4.74 Å². The minimum atomic E-state index is 0.386. The highest BCUT2D eigenvalue weighted by molar-refractivity contribution is 4.74. The zero-order valence-corrected chi connectivity index (χ0v) is 14.6. The van der Waals surface area contributed by atoms with Crippen molar-refractivity contribution in [3.8, 4) is 0 Å². The normalized spacial score (nSPS) is 20.1. The molecule has 0 aliphatic carbocycles. The Hall–Kier alpha value is -0.160. The van der Waals surface area contributed by atoms with E-state index in [9.17, 15) is 0 Å².